The van der Waals surface area contributed by atoms with E-state index in [2.05, 4.69) is 120 Å². The van der Waals surface area contributed by atoms with Crippen molar-refractivity contribution in [2.45, 2.75) is 148 Å². The van der Waals surface area contributed by atoms with Crippen molar-refractivity contribution in [1.29, 1.82) is 0 Å². The molecule has 0 saturated carbocycles. The molecule has 0 unspecified atom stereocenters. The summed E-state index contributed by atoms with van der Waals surface area (Å²) < 4.78 is 21.3. The van der Waals surface area contributed by atoms with Gasteiger partial charge in [0.2, 0.25) is 0 Å². The van der Waals surface area contributed by atoms with Crippen molar-refractivity contribution in [1.82, 2.24) is 0 Å². The summed E-state index contributed by atoms with van der Waals surface area (Å²) in [6.45, 7) is 35.8. The minimum absolute atomic E-state index is 0.136. The van der Waals surface area contributed by atoms with Gasteiger partial charge in [0, 0.05) is 23.8 Å². The molecule has 36 heavy (non-hydrogen) atoms. The first-order chi connectivity index (χ1) is 16.0. The first kappa shape index (κ1) is 30.1. The van der Waals surface area contributed by atoms with Gasteiger partial charge in [-0.1, -0.05) is 87.6 Å². The smallest absolute Gasteiger partial charge is 0.192 e. The molecule has 0 aliphatic heterocycles. The average Bonchev–Trinajstić information content (AvgIpc) is 3.06. The van der Waals surface area contributed by atoms with E-state index in [1.807, 2.05) is 0 Å². The van der Waals surface area contributed by atoms with Crippen LogP contribution in [0.1, 0.15) is 85.8 Å². The molecule has 206 valence electrons. The van der Waals surface area contributed by atoms with Crippen molar-refractivity contribution >= 4 is 30.1 Å². The number of rotatable bonds is 5. The van der Waals surface area contributed by atoms with Crippen LogP contribution in [0.25, 0.3) is 0 Å². The predicted octanol–water partition coefficient (Wildman–Crippen LogP) is 8.99. The summed E-state index contributed by atoms with van der Waals surface area (Å²) >= 11 is 0. The van der Waals surface area contributed by atoms with E-state index < -0.39 is 24.7 Å². The van der Waals surface area contributed by atoms with Gasteiger partial charge in [0.1, 0.15) is 8.07 Å². The maximum Gasteiger partial charge on any atom is 0.192 e. The van der Waals surface area contributed by atoms with E-state index in [1.165, 1.54) is 16.5 Å². The standard InChI is InChI=1S/C30H56O3Si3/c1-28(2,3)34(10,11)27-23-19-25(32-35(12,13)29(4,5)6)22-18-16-17-21(24(23)20-31-27)26(22)33-36(14,15)30(7,8)9/h16-17,20-22,25-26H,18-19H2,1-15H3/t21-,22+,25+,26+/m0/s1. The van der Waals surface area contributed by atoms with Gasteiger partial charge in [0.05, 0.1) is 23.9 Å². The van der Waals surface area contributed by atoms with Crippen LogP contribution >= 0.6 is 0 Å². The van der Waals surface area contributed by atoms with Gasteiger partial charge >= 0.3 is 0 Å². The van der Waals surface area contributed by atoms with Crippen molar-refractivity contribution in [3.63, 3.8) is 0 Å². The molecule has 3 rings (SSSR count). The predicted molar refractivity (Wildman–Crippen MR) is 163 cm³/mol. The Morgan fingerprint density at radius 3 is 1.81 bits per heavy atom. The fourth-order valence-electron chi connectivity index (χ4n) is 5.00. The van der Waals surface area contributed by atoms with E-state index >= 15 is 0 Å². The lowest BCUT2D eigenvalue weighted by Gasteiger charge is -2.47. The molecule has 0 saturated heterocycles. The third-order valence-corrected chi connectivity index (χ3v) is 24.9. The summed E-state index contributed by atoms with van der Waals surface area (Å²) in [5, 5.41) is 1.82. The van der Waals surface area contributed by atoms with Gasteiger partial charge in [0.15, 0.2) is 16.6 Å². The molecule has 3 nitrogen and oxygen atoms in total. The van der Waals surface area contributed by atoms with Gasteiger partial charge < -0.3 is 13.3 Å². The maximum atomic E-state index is 7.33. The zero-order valence-electron chi connectivity index (χ0n) is 26.2. The largest absolute Gasteiger partial charge is 0.474 e. The van der Waals surface area contributed by atoms with Crippen molar-refractivity contribution in [3.05, 3.63) is 29.5 Å². The van der Waals surface area contributed by atoms with Gasteiger partial charge in [-0.2, -0.15) is 0 Å². The monoisotopic (exact) mass is 548 g/mol. The fraction of sp³-hybridized carbons (Fsp3) is 0.800. The Balaban J connectivity index is 2.19. The van der Waals surface area contributed by atoms with E-state index in [9.17, 15) is 0 Å². The normalized spacial score (nSPS) is 26.1. The number of fused-ring (bicyclic) bond motifs is 4. The molecule has 0 radical (unpaired) electrons. The lowest BCUT2D eigenvalue weighted by Crippen LogP contribution is -2.53. The second kappa shape index (κ2) is 9.36. The number of hydrogen-bond acceptors (Lipinski definition) is 3. The molecule has 6 heteroatoms. The maximum absolute atomic E-state index is 7.33. The van der Waals surface area contributed by atoms with Gasteiger partial charge in [0.25, 0.3) is 0 Å². The molecule has 0 amide bonds. The average molecular weight is 549 g/mol. The molecule has 1 heterocycles. The summed E-state index contributed by atoms with van der Waals surface area (Å²) in [4.78, 5) is 0. The molecule has 0 aromatic carbocycles. The molecular formula is C30H56O3Si3. The Kier molecular flexibility index (Phi) is 7.83. The fourth-order valence-corrected chi connectivity index (χ4v) is 9.76. The molecule has 0 spiro atoms. The van der Waals surface area contributed by atoms with Crippen LogP contribution in [0.2, 0.25) is 54.4 Å². The second-order valence-electron chi connectivity index (χ2n) is 16.2. The zero-order chi connectivity index (χ0) is 27.7. The number of allylic oxidation sites excluding steroid dienone is 1. The molecular weight excluding hydrogens is 493 g/mol. The molecule has 2 bridgehead atoms. The molecule has 4 atom stereocenters. The Bertz CT molecular complexity index is 967. The molecule has 1 aromatic heterocycles. The summed E-state index contributed by atoms with van der Waals surface area (Å²) in [6, 6.07) is 0. The first-order valence-electron chi connectivity index (χ1n) is 14.1. The number of hydrogen-bond donors (Lipinski definition) is 0. The van der Waals surface area contributed by atoms with Crippen LogP contribution in [0.4, 0.5) is 0 Å². The zero-order valence-corrected chi connectivity index (χ0v) is 29.2. The van der Waals surface area contributed by atoms with Crippen LogP contribution in [-0.2, 0) is 15.3 Å². The lowest BCUT2D eigenvalue weighted by atomic mass is 9.80. The minimum Gasteiger partial charge on any atom is -0.474 e. The molecule has 0 N–H and O–H groups in total. The van der Waals surface area contributed by atoms with E-state index in [0.29, 0.717) is 5.92 Å². The van der Waals surface area contributed by atoms with Crippen LogP contribution < -0.4 is 5.38 Å². The van der Waals surface area contributed by atoms with Crippen LogP contribution in [0.15, 0.2) is 22.8 Å². The van der Waals surface area contributed by atoms with E-state index in [0.717, 1.165) is 12.8 Å². The van der Waals surface area contributed by atoms with Crippen LogP contribution in [0, 0.1) is 5.92 Å². The topological polar surface area (TPSA) is 31.6 Å². The highest BCUT2D eigenvalue weighted by Gasteiger charge is 2.52. The van der Waals surface area contributed by atoms with E-state index in [-0.39, 0.29) is 33.2 Å². The Labute approximate surface area is 226 Å². The van der Waals surface area contributed by atoms with Crippen molar-refractivity contribution in [2.75, 3.05) is 0 Å². The van der Waals surface area contributed by atoms with Crippen LogP contribution in [-0.4, -0.2) is 36.9 Å². The highest BCUT2D eigenvalue weighted by molar-refractivity contribution is 6.91. The van der Waals surface area contributed by atoms with Crippen molar-refractivity contribution in [2.24, 2.45) is 5.92 Å². The Morgan fingerprint density at radius 1 is 0.778 bits per heavy atom. The third-order valence-electron chi connectivity index (χ3n) is 10.6. The van der Waals surface area contributed by atoms with Gasteiger partial charge in [-0.15, -0.1) is 0 Å². The SMILES string of the molecule is CC(C)(C)[Si](C)(C)O[C@H]1[C@@H]2CC=C[C@H]1c1coc([Si](C)(C)C(C)(C)C)c1C[C@H]2O[Si](C)(C)C(C)(C)C. The minimum atomic E-state index is -1.99. The second-order valence-corrected chi connectivity index (χ2v) is 30.9. The van der Waals surface area contributed by atoms with Crippen molar-refractivity contribution in [3.8, 4) is 0 Å². The van der Waals surface area contributed by atoms with Crippen LogP contribution in [0.3, 0.4) is 0 Å². The van der Waals surface area contributed by atoms with Crippen molar-refractivity contribution < 1.29 is 13.3 Å². The summed E-state index contributed by atoms with van der Waals surface area (Å²) in [7, 11) is -5.84. The molecule has 2 aliphatic rings. The highest BCUT2D eigenvalue weighted by Crippen LogP contribution is 2.49. The lowest BCUT2D eigenvalue weighted by molar-refractivity contribution is 0.0207. The van der Waals surface area contributed by atoms with E-state index in [1.54, 1.807) is 0 Å². The Morgan fingerprint density at radius 2 is 1.31 bits per heavy atom. The quantitative estimate of drug-likeness (QED) is 0.272. The van der Waals surface area contributed by atoms with Crippen LogP contribution in [0.5, 0.6) is 0 Å². The third kappa shape index (κ3) is 5.36. The molecule has 2 aliphatic carbocycles. The summed E-state index contributed by atoms with van der Waals surface area (Å²) in [5.74, 6) is 0.603. The first-order valence-corrected chi connectivity index (χ1v) is 23.0. The summed E-state index contributed by atoms with van der Waals surface area (Å²) in [6.07, 6.45) is 9.18. The van der Waals surface area contributed by atoms with E-state index in [4.69, 9.17) is 13.3 Å². The molecule has 1 aromatic rings. The summed E-state index contributed by atoms with van der Waals surface area (Å²) in [5.41, 5.74) is 2.80. The Hall–Kier alpha value is -0.409. The highest BCUT2D eigenvalue weighted by atomic mass is 28.4. The van der Waals surface area contributed by atoms with Gasteiger partial charge in [-0.3, -0.25) is 0 Å². The van der Waals surface area contributed by atoms with Gasteiger partial charge in [-0.05, 0) is 53.3 Å². The molecule has 0 fully saturated rings. The van der Waals surface area contributed by atoms with Gasteiger partial charge in [-0.25, -0.2) is 0 Å². The number of furan rings is 1.